The molecule has 10 heteroatoms. The van der Waals surface area contributed by atoms with Gasteiger partial charge in [0.1, 0.15) is 6.04 Å². The highest BCUT2D eigenvalue weighted by Gasteiger charge is 2.17. The van der Waals surface area contributed by atoms with E-state index < -0.39 is 23.9 Å². The lowest BCUT2D eigenvalue weighted by Gasteiger charge is -2.09. The number of hydrogen-bond acceptors (Lipinski definition) is 6. The van der Waals surface area contributed by atoms with Gasteiger partial charge in [-0.15, -0.1) is 0 Å². The molecule has 0 aliphatic rings. The van der Waals surface area contributed by atoms with Crippen molar-refractivity contribution in [3.63, 3.8) is 0 Å². The Hall–Kier alpha value is -1.54. The second kappa shape index (κ2) is 13.6. The second-order valence-electron chi connectivity index (χ2n) is 5.66. The predicted molar refractivity (Wildman–Crippen MR) is 122 cm³/mol. The SMILES string of the molecule is NC(CCCCNC(=O)CI)C(=O)OC(=O)C=CC(=O)Nc1ccc(I)cc1. The summed E-state index contributed by atoms with van der Waals surface area (Å²) in [5, 5.41) is 5.29. The summed E-state index contributed by atoms with van der Waals surface area (Å²) in [6.45, 7) is 0.501. The predicted octanol–water partition coefficient (Wildman–Crippen LogP) is 1.90. The molecule has 4 N–H and O–H groups in total. The molecule has 152 valence electrons. The van der Waals surface area contributed by atoms with Gasteiger partial charge in [0.15, 0.2) is 0 Å². The Balaban J connectivity index is 2.29. The van der Waals surface area contributed by atoms with Gasteiger partial charge in [0, 0.05) is 28.0 Å². The summed E-state index contributed by atoms with van der Waals surface area (Å²) >= 11 is 4.11. The van der Waals surface area contributed by atoms with E-state index in [0.717, 1.165) is 15.7 Å². The zero-order valence-corrected chi connectivity index (χ0v) is 19.3. The Labute approximate surface area is 190 Å². The monoisotopic (exact) mass is 613 g/mol. The molecule has 0 saturated heterocycles. The maximum atomic E-state index is 11.8. The Morgan fingerprint density at radius 1 is 1.11 bits per heavy atom. The zero-order valence-electron chi connectivity index (χ0n) is 15.0. The number of alkyl halides is 1. The summed E-state index contributed by atoms with van der Waals surface area (Å²) < 4.78 is 6.01. The molecule has 1 aromatic rings. The number of halogens is 2. The van der Waals surface area contributed by atoms with Crippen LogP contribution in [0.2, 0.25) is 0 Å². The molecule has 0 saturated carbocycles. The van der Waals surface area contributed by atoms with E-state index in [0.29, 0.717) is 35.9 Å². The first kappa shape index (κ1) is 24.5. The van der Waals surface area contributed by atoms with Crippen molar-refractivity contribution in [3.8, 4) is 0 Å². The van der Waals surface area contributed by atoms with E-state index in [2.05, 4.69) is 38.0 Å². The minimum atomic E-state index is -0.965. The fraction of sp³-hybridized carbons (Fsp3) is 0.333. The number of rotatable bonds is 10. The molecule has 0 aromatic heterocycles. The largest absolute Gasteiger partial charge is 0.389 e. The molecule has 0 bridgehead atoms. The van der Waals surface area contributed by atoms with E-state index >= 15 is 0 Å². The number of carbonyl (C=O) groups excluding carboxylic acids is 4. The number of carbonyl (C=O) groups is 4. The van der Waals surface area contributed by atoms with Crippen molar-refractivity contribution in [2.45, 2.75) is 25.3 Å². The van der Waals surface area contributed by atoms with Crippen molar-refractivity contribution in [1.29, 1.82) is 0 Å². The summed E-state index contributed by atoms with van der Waals surface area (Å²) in [6, 6.07) is 6.15. The molecule has 0 aliphatic carbocycles. The van der Waals surface area contributed by atoms with E-state index in [1.807, 2.05) is 34.7 Å². The Morgan fingerprint density at radius 2 is 1.79 bits per heavy atom. The number of ether oxygens (including phenoxy) is 1. The molecule has 1 rings (SSSR count). The van der Waals surface area contributed by atoms with Crippen molar-refractivity contribution >= 4 is 74.6 Å². The van der Waals surface area contributed by atoms with E-state index in [1.165, 1.54) is 0 Å². The highest BCUT2D eigenvalue weighted by Crippen LogP contribution is 2.11. The van der Waals surface area contributed by atoms with Crippen LogP contribution in [0.1, 0.15) is 19.3 Å². The van der Waals surface area contributed by atoms with Gasteiger partial charge in [-0.05, 0) is 66.1 Å². The van der Waals surface area contributed by atoms with Crippen LogP contribution in [0.3, 0.4) is 0 Å². The van der Waals surface area contributed by atoms with Gasteiger partial charge >= 0.3 is 11.9 Å². The highest BCUT2D eigenvalue weighted by atomic mass is 127. The van der Waals surface area contributed by atoms with Crippen LogP contribution in [0.5, 0.6) is 0 Å². The third-order valence-electron chi connectivity index (χ3n) is 3.37. The van der Waals surface area contributed by atoms with Gasteiger partial charge in [-0.3, -0.25) is 9.59 Å². The number of anilines is 1. The van der Waals surface area contributed by atoms with Gasteiger partial charge in [0.25, 0.3) is 0 Å². The van der Waals surface area contributed by atoms with Crippen LogP contribution < -0.4 is 16.4 Å². The quantitative estimate of drug-likeness (QED) is 0.0925. The number of hydrogen-bond donors (Lipinski definition) is 3. The third-order valence-corrected chi connectivity index (χ3v) is 4.78. The summed E-state index contributed by atoms with van der Waals surface area (Å²) in [6.07, 6.45) is 3.43. The molecule has 0 heterocycles. The molecule has 1 aromatic carbocycles. The van der Waals surface area contributed by atoms with Crippen LogP contribution in [-0.4, -0.2) is 40.8 Å². The fourth-order valence-electron chi connectivity index (χ4n) is 1.95. The lowest BCUT2D eigenvalue weighted by Crippen LogP contribution is -2.33. The Morgan fingerprint density at radius 3 is 2.43 bits per heavy atom. The number of esters is 2. The van der Waals surface area contributed by atoms with Crippen LogP contribution in [0.25, 0.3) is 0 Å². The van der Waals surface area contributed by atoms with E-state index in [9.17, 15) is 19.2 Å². The van der Waals surface area contributed by atoms with Crippen LogP contribution in [0.15, 0.2) is 36.4 Å². The summed E-state index contributed by atoms with van der Waals surface area (Å²) in [4.78, 5) is 46.2. The van der Waals surface area contributed by atoms with Gasteiger partial charge in [-0.25, -0.2) is 9.59 Å². The van der Waals surface area contributed by atoms with Crippen LogP contribution >= 0.6 is 45.2 Å². The number of benzene rings is 1. The maximum Gasteiger partial charge on any atom is 0.338 e. The Bertz CT molecular complexity index is 722. The fourth-order valence-corrected chi connectivity index (χ4v) is 2.58. The first-order valence-corrected chi connectivity index (χ1v) is 11.0. The Kier molecular flexibility index (Phi) is 11.9. The van der Waals surface area contributed by atoms with Gasteiger partial charge in [-0.1, -0.05) is 22.6 Å². The van der Waals surface area contributed by atoms with Crippen molar-refractivity contribution < 1.29 is 23.9 Å². The first-order chi connectivity index (χ1) is 13.3. The standard InChI is InChI=1S/C18H21I2N3O5/c19-11-16(25)22-10-2-1-3-14(21)18(27)28-17(26)9-8-15(24)23-13-6-4-12(20)5-7-13/h4-9,14H,1-3,10-11,21H2,(H,22,25)(H,23,24). The highest BCUT2D eigenvalue weighted by molar-refractivity contribution is 14.1. The lowest BCUT2D eigenvalue weighted by molar-refractivity contribution is -0.157. The normalized spacial score (nSPS) is 11.7. The number of unbranched alkanes of at least 4 members (excludes halogenated alkanes) is 1. The molecular weight excluding hydrogens is 592 g/mol. The summed E-state index contributed by atoms with van der Waals surface area (Å²) in [5.74, 6) is -2.40. The molecule has 0 radical (unpaired) electrons. The molecule has 8 nitrogen and oxygen atoms in total. The topological polar surface area (TPSA) is 128 Å². The number of amides is 2. The van der Waals surface area contributed by atoms with Crippen molar-refractivity contribution in [1.82, 2.24) is 5.32 Å². The van der Waals surface area contributed by atoms with Gasteiger partial charge in [-0.2, -0.15) is 0 Å². The smallest absolute Gasteiger partial charge is 0.338 e. The molecular formula is C18H21I2N3O5. The average Bonchev–Trinajstić information content (AvgIpc) is 2.67. The third kappa shape index (κ3) is 10.7. The molecule has 0 aliphatic heterocycles. The van der Waals surface area contributed by atoms with Crippen LogP contribution in [-0.2, 0) is 23.9 Å². The minimum Gasteiger partial charge on any atom is -0.389 e. The number of nitrogens with one attached hydrogen (secondary N) is 2. The summed E-state index contributed by atoms with van der Waals surface area (Å²) in [7, 11) is 0. The number of nitrogens with two attached hydrogens (primary N) is 1. The van der Waals surface area contributed by atoms with Gasteiger partial charge in [0.2, 0.25) is 11.8 Å². The van der Waals surface area contributed by atoms with E-state index in [1.54, 1.807) is 12.1 Å². The maximum absolute atomic E-state index is 11.8. The van der Waals surface area contributed by atoms with Crippen LogP contribution in [0.4, 0.5) is 5.69 Å². The van der Waals surface area contributed by atoms with Crippen molar-refractivity contribution in [2.24, 2.45) is 5.73 Å². The van der Waals surface area contributed by atoms with Crippen LogP contribution in [0, 0.1) is 3.57 Å². The molecule has 0 spiro atoms. The van der Waals surface area contributed by atoms with E-state index in [-0.39, 0.29) is 5.91 Å². The minimum absolute atomic E-state index is 0.0484. The molecule has 0 fully saturated rings. The zero-order chi connectivity index (χ0) is 20.9. The second-order valence-corrected chi connectivity index (χ2v) is 7.66. The van der Waals surface area contributed by atoms with Crippen molar-refractivity contribution in [3.05, 3.63) is 40.0 Å². The molecule has 1 unspecified atom stereocenters. The molecule has 28 heavy (non-hydrogen) atoms. The molecule has 2 amide bonds. The molecule has 1 atom stereocenters. The van der Waals surface area contributed by atoms with Gasteiger partial charge in [0.05, 0.1) is 4.43 Å². The average molecular weight is 613 g/mol. The van der Waals surface area contributed by atoms with Crippen molar-refractivity contribution in [2.75, 3.05) is 16.3 Å². The van der Waals surface area contributed by atoms with Gasteiger partial charge < -0.3 is 21.1 Å². The first-order valence-electron chi connectivity index (χ1n) is 8.40. The van der Waals surface area contributed by atoms with E-state index in [4.69, 9.17) is 5.73 Å². The summed E-state index contributed by atoms with van der Waals surface area (Å²) in [5.41, 5.74) is 6.26. The lowest BCUT2D eigenvalue weighted by atomic mass is 10.1.